The summed E-state index contributed by atoms with van der Waals surface area (Å²) in [4.78, 5) is 11.5. The molecular formula is C13H14F2O2. The number of hydrogen-bond acceptors (Lipinski definition) is 2. The lowest BCUT2D eigenvalue weighted by atomic mass is 10.1. The second kappa shape index (κ2) is 6.91. The van der Waals surface area contributed by atoms with E-state index < -0.39 is 17.4 Å². The largest absolute Gasteiger partial charge is 0.373 e. The molecular weight excluding hydrogens is 226 g/mol. The number of Topliss-reactive ketones (excluding diaryl/α,β-unsaturated/α-hetero) is 1. The maximum absolute atomic E-state index is 13.2. The minimum absolute atomic E-state index is 0.143. The van der Waals surface area contributed by atoms with Crippen molar-refractivity contribution in [2.75, 3.05) is 13.2 Å². The molecule has 2 nitrogen and oxygen atoms in total. The highest BCUT2D eigenvalue weighted by molar-refractivity contribution is 5.97. The van der Waals surface area contributed by atoms with Crippen LogP contribution < -0.4 is 0 Å². The fourth-order valence-electron chi connectivity index (χ4n) is 1.29. The van der Waals surface area contributed by atoms with Gasteiger partial charge in [0.1, 0.15) is 18.2 Å². The Morgan fingerprint density at radius 2 is 2.18 bits per heavy atom. The fourth-order valence-corrected chi connectivity index (χ4v) is 1.29. The molecule has 0 unspecified atom stereocenters. The first kappa shape index (κ1) is 13.5. The lowest BCUT2D eigenvalue weighted by Gasteiger charge is -2.04. The van der Waals surface area contributed by atoms with Gasteiger partial charge in [-0.2, -0.15) is 0 Å². The Balaban J connectivity index is 2.44. The third-order valence-electron chi connectivity index (χ3n) is 2.16. The molecule has 0 radical (unpaired) electrons. The van der Waals surface area contributed by atoms with Crippen LogP contribution in [0.15, 0.2) is 30.9 Å². The van der Waals surface area contributed by atoms with Gasteiger partial charge >= 0.3 is 0 Å². The number of allylic oxidation sites excluding steroid dienone is 1. The predicted molar refractivity (Wildman–Crippen MR) is 60.9 cm³/mol. The molecule has 0 spiro atoms. The Kier molecular flexibility index (Phi) is 5.49. The molecule has 0 bridgehead atoms. The molecule has 1 aromatic rings. The summed E-state index contributed by atoms with van der Waals surface area (Å²) in [5, 5.41) is 0. The first-order chi connectivity index (χ1) is 8.15. The third-order valence-corrected chi connectivity index (χ3v) is 2.16. The van der Waals surface area contributed by atoms with E-state index in [2.05, 4.69) is 6.58 Å². The van der Waals surface area contributed by atoms with Gasteiger partial charge in [0.05, 0.1) is 5.56 Å². The van der Waals surface area contributed by atoms with Gasteiger partial charge in [-0.25, -0.2) is 8.78 Å². The minimum atomic E-state index is -0.857. The Bertz CT molecular complexity index is 402. The summed E-state index contributed by atoms with van der Waals surface area (Å²) < 4.78 is 30.9. The van der Waals surface area contributed by atoms with Gasteiger partial charge in [0.25, 0.3) is 0 Å². The number of unbranched alkanes of at least 4 members (excludes halogenated alkanes) is 1. The molecule has 0 aliphatic carbocycles. The van der Waals surface area contributed by atoms with Crippen LogP contribution in [0.3, 0.4) is 0 Å². The quantitative estimate of drug-likeness (QED) is 0.416. The molecule has 0 saturated heterocycles. The number of halogens is 2. The van der Waals surface area contributed by atoms with Crippen LogP contribution >= 0.6 is 0 Å². The monoisotopic (exact) mass is 240 g/mol. The van der Waals surface area contributed by atoms with Crippen LogP contribution in [0.2, 0.25) is 0 Å². The Morgan fingerprint density at radius 1 is 1.41 bits per heavy atom. The number of ether oxygens (including phenoxy) is 1. The van der Waals surface area contributed by atoms with Crippen molar-refractivity contribution in [2.45, 2.75) is 12.8 Å². The van der Waals surface area contributed by atoms with Crippen LogP contribution in [-0.2, 0) is 4.74 Å². The molecule has 0 atom stereocenters. The third kappa shape index (κ3) is 4.44. The second-order valence-corrected chi connectivity index (χ2v) is 3.53. The van der Waals surface area contributed by atoms with Gasteiger partial charge in [-0.3, -0.25) is 4.79 Å². The van der Waals surface area contributed by atoms with Crippen molar-refractivity contribution in [3.63, 3.8) is 0 Å². The number of carbonyl (C=O) groups is 1. The molecule has 0 aliphatic heterocycles. The van der Waals surface area contributed by atoms with Gasteiger partial charge < -0.3 is 4.74 Å². The van der Waals surface area contributed by atoms with Crippen molar-refractivity contribution < 1.29 is 18.3 Å². The first-order valence-corrected chi connectivity index (χ1v) is 5.32. The molecule has 1 aromatic carbocycles. The standard InChI is InChI=1S/C13H14F2O2/c1-2-3-4-7-17-9-13(16)11-6-5-10(14)8-12(11)15/h2,5-6,8H,1,3-4,7,9H2. The van der Waals surface area contributed by atoms with Gasteiger partial charge in [0.2, 0.25) is 0 Å². The van der Waals surface area contributed by atoms with Crippen LogP contribution in [0, 0.1) is 11.6 Å². The van der Waals surface area contributed by atoms with E-state index in [1.165, 1.54) is 0 Å². The number of ketones is 1. The highest BCUT2D eigenvalue weighted by atomic mass is 19.1. The van der Waals surface area contributed by atoms with Crippen molar-refractivity contribution >= 4 is 5.78 Å². The van der Waals surface area contributed by atoms with E-state index in [0.29, 0.717) is 12.7 Å². The summed E-state index contributed by atoms with van der Waals surface area (Å²) in [6.45, 7) is 3.78. The van der Waals surface area contributed by atoms with Crippen LogP contribution in [0.25, 0.3) is 0 Å². The van der Waals surface area contributed by atoms with Gasteiger partial charge in [0, 0.05) is 12.7 Å². The highest BCUT2D eigenvalue weighted by Gasteiger charge is 2.12. The summed E-state index contributed by atoms with van der Waals surface area (Å²) in [5.41, 5.74) is -0.143. The molecule has 1 rings (SSSR count). The smallest absolute Gasteiger partial charge is 0.191 e. The van der Waals surface area contributed by atoms with Crippen LogP contribution in [0.1, 0.15) is 23.2 Å². The average Bonchev–Trinajstić information content (AvgIpc) is 2.28. The second-order valence-electron chi connectivity index (χ2n) is 3.53. The Hall–Kier alpha value is -1.55. The topological polar surface area (TPSA) is 26.3 Å². The van der Waals surface area contributed by atoms with Gasteiger partial charge in [-0.05, 0) is 25.0 Å². The van der Waals surface area contributed by atoms with Gasteiger partial charge in [-0.1, -0.05) is 6.08 Å². The lowest BCUT2D eigenvalue weighted by Crippen LogP contribution is -2.11. The highest BCUT2D eigenvalue weighted by Crippen LogP contribution is 2.10. The van der Waals surface area contributed by atoms with Crippen molar-refractivity contribution in [3.05, 3.63) is 48.1 Å². The van der Waals surface area contributed by atoms with E-state index in [-0.39, 0.29) is 12.2 Å². The van der Waals surface area contributed by atoms with E-state index in [0.717, 1.165) is 25.0 Å². The van der Waals surface area contributed by atoms with Crippen LogP contribution in [-0.4, -0.2) is 19.0 Å². The molecule has 4 heteroatoms. The van der Waals surface area contributed by atoms with E-state index in [9.17, 15) is 13.6 Å². The number of rotatable bonds is 7. The van der Waals surface area contributed by atoms with Crippen molar-refractivity contribution in [1.82, 2.24) is 0 Å². The molecule has 0 N–H and O–H groups in total. The maximum Gasteiger partial charge on any atom is 0.191 e. The molecule has 0 aromatic heterocycles. The lowest BCUT2D eigenvalue weighted by molar-refractivity contribution is 0.0753. The van der Waals surface area contributed by atoms with E-state index in [4.69, 9.17) is 4.74 Å². The summed E-state index contributed by atoms with van der Waals surface area (Å²) in [6.07, 6.45) is 3.33. The zero-order valence-electron chi connectivity index (χ0n) is 9.42. The van der Waals surface area contributed by atoms with Gasteiger partial charge in [0.15, 0.2) is 5.78 Å². The summed E-state index contributed by atoms with van der Waals surface area (Å²) in [6, 6.07) is 2.86. The van der Waals surface area contributed by atoms with Crippen LogP contribution in [0.5, 0.6) is 0 Å². The molecule has 0 aliphatic rings. The van der Waals surface area contributed by atoms with Crippen LogP contribution in [0.4, 0.5) is 8.78 Å². The minimum Gasteiger partial charge on any atom is -0.373 e. The number of hydrogen-bond donors (Lipinski definition) is 0. The fraction of sp³-hybridized carbons (Fsp3) is 0.308. The molecule has 0 saturated carbocycles. The zero-order valence-corrected chi connectivity index (χ0v) is 9.42. The van der Waals surface area contributed by atoms with E-state index in [1.54, 1.807) is 6.08 Å². The molecule has 0 amide bonds. The van der Waals surface area contributed by atoms with Crippen molar-refractivity contribution in [2.24, 2.45) is 0 Å². The molecule has 0 fully saturated rings. The van der Waals surface area contributed by atoms with Crippen molar-refractivity contribution in [3.8, 4) is 0 Å². The van der Waals surface area contributed by atoms with Crippen molar-refractivity contribution in [1.29, 1.82) is 0 Å². The van der Waals surface area contributed by atoms with E-state index >= 15 is 0 Å². The summed E-state index contributed by atoms with van der Waals surface area (Å²) in [5.74, 6) is -2.04. The maximum atomic E-state index is 13.2. The average molecular weight is 240 g/mol. The normalized spacial score (nSPS) is 10.2. The summed E-state index contributed by atoms with van der Waals surface area (Å²) in [7, 11) is 0. The predicted octanol–water partition coefficient (Wildman–Crippen LogP) is 3.13. The van der Waals surface area contributed by atoms with Gasteiger partial charge in [-0.15, -0.1) is 6.58 Å². The Morgan fingerprint density at radius 3 is 2.82 bits per heavy atom. The number of carbonyl (C=O) groups excluding carboxylic acids is 1. The summed E-state index contributed by atoms with van der Waals surface area (Å²) >= 11 is 0. The Labute approximate surface area is 98.9 Å². The molecule has 0 heterocycles. The first-order valence-electron chi connectivity index (χ1n) is 5.32. The molecule has 17 heavy (non-hydrogen) atoms. The van der Waals surface area contributed by atoms with E-state index in [1.807, 2.05) is 0 Å². The number of benzene rings is 1. The molecule has 92 valence electrons. The zero-order chi connectivity index (χ0) is 12.7. The SMILES string of the molecule is C=CCCCOCC(=O)c1ccc(F)cc1F.